The van der Waals surface area contributed by atoms with Crippen molar-refractivity contribution < 1.29 is 29.0 Å². The van der Waals surface area contributed by atoms with Crippen LogP contribution >= 0.6 is 0 Å². The van der Waals surface area contributed by atoms with Crippen LogP contribution in [-0.2, 0) is 16.1 Å². The molecule has 4 N–H and O–H groups in total. The quantitative estimate of drug-likeness (QED) is 0.158. The van der Waals surface area contributed by atoms with Crippen molar-refractivity contribution in [3.63, 3.8) is 0 Å². The number of likely N-dealkylation sites (tertiary alicyclic amines) is 2. The largest absolute Gasteiger partial charge is 0.488 e. The number of hydrogen-bond acceptors (Lipinski definition) is 7. The van der Waals surface area contributed by atoms with E-state index in [1.54, 1.807) is 6.20 Å². The Morgan fingerprint density at radius 2 is 1.76 bits per heavy atom. The van der Waals surface area contributed by atoms with Gasteiger partial charge in [-0.3, -0.25) is 9.69 Å². The van der Waals surface area contributed by atoms with E-state index >= 15 is 0 Å². The zero-order valence-corrected chi connectivity index (χ0v) is 28.2. The van der Waals surface area contributed by atoms with Crippen LogP contribution in [-0.4, -0.2) is 79.2 Å². The summed E-state index contributed by atoms with van der Waals surface area (Å²) in [6.07, 6.45) is 3.44. The maximum absolute atomic E-state index is 13.6. The van der Waals surface area contributed by atoms with E-state index in [1.165, 1.54) is 12.0 Å². The number of nitrogens with one attached hydrogen (secondary N) is 3. The van der Waals surface area contributed by atoms with Crippen LogP contribution in [0.4, 0.5) is 9.59 Å². The minimum Gasteiger partial charge on any atom is -0.488 e. The lowest BCUT2D eigenvalue weighted by atomic mass is 9.92. The van der Waals surface area contributed by atoms with E-state index in [-0.39, 0.29) is 23.9 Å². The first-order chi connectivity index (χ1) is 24.2. The van der Waals surface area contributed by atoms with E-state index in [2.05, 4.69) is 45.6 Å². The molecule has 3 atom stereocenters. The minimum atomic E-state index is -0.923. The molecule has 13 heteroatoms. The van der Waals surface area contributed by atoms with Gasteiger partial charge >= 0.3 is 12.2 Å². The molecular formula is C37H39N7O6. The molecule has 3 aromatic carbocycles. The lowest BCUT2D eigenvalue weighted by Crippen LogP contribution is -2.51. The summed E-state index contributed by atoms with van der Waals surface area (Å²) >= 11 is 0. The van der Waals surface area contributed by atoms with Crippen LogP contribution < -0.4 is 10.1 Å². The predicted octanol–water partition coefficient (Wildman–Crippen LogP) is 6.52. The Labute approximate surface area is 288 Å². The van der Waals surface area contributed by atoms with Crippen LogP contribution in [0.2, 0.25) is 0 Å². The van der Waals surface area contributed by atoms with Crippen molar-refractivity contribution in [3.05, 3.63) is 65.9 Å². The molecule has 2 aromatic heterocycles. The molecule has 0 bridgehead atoms. The molecule has 258 valence electrons. The van der Waals surface area contributed by atoms with E-state index in [0.717, 1.165) is 81.2 Å². The van der Waals surface area contributed by atoms with Gasteiger partial charge in [-0.2, -0.15) is 0 Å². The van der Waals surface area contributed by atoms with Crippen molar-refractivity contribution >= 4 is 39.9 Å². The molecule has 5 aromatic rings. The highest BCUT2D eigenvalue weighted by Crippen LogP contribution is 2.43. The summed E-state index contributed by atoms with van der Waals surface area (Å²) in [5.41, 5.74) is 6.63. The number of nitrogens with zero attached hydrogens (tertiary/aromatic N) is 4. The molecule has 3 amide bonds. The van der Waals surface area contributed by atoms with E-state index in [1.807, 2.05) is 30.9 Å². The number of carboxylic acid groups (broad SMARTS) is 1. The summed E-state index contributed by atoms with van der Waals surface area (Å²) in [5.74, 6) is 1.92. The standard InChI is InChI=1S/C37H39N7O6/c1-19(2)31(42-36(46)49-3)35(45)43-12-4-6-28(43)33-38-17-27(40-33)21-8-10-23-22(14-21)18-50-30-16-24-20(15-25(23)30)9-11-26-32(24)41-34(39-26)29-7-5-13-44(29)37(47)48/h8-11,14-17,19,28-29,31H,4-7,12-13,18H2,1-3H3,(H,38,40)(H,39,41)(H,42,46)(H,47,48). The molecule has 3 aliphatic heterocycles. The van der Waals surface area contributed by atoms with Gasteiger partial charge in [0, 0.05) is 24.0 Å². The van der Waals surface area contributed by atoms with Crippen LogP contribution in [0.5, 0.6) is 5.75 Å². The second kappa shape index (κ2) is 12.4. The Kier molecular flexibility index (Phi) is 7.84. The van der Waals surface area contributed by atoms with Crippen molar-refractivity contribution in [2.45, 2.75) is 64.3 Å². The third kappa shape index (κ3) is 5.37. The van der Waals surface area contributed by atoms with Crippen molar-refractivity contribution in [3.8, 4) is 28.1 Å². The molecule has 5 heterocycles. The van der Waals surface area contributed by atoms with Gasteiger partial charge in [-0.1, -0.05) is 32.0 Å². The third-order valence-electron chi connectivity index (χ3n) is 10.3. The van der Waals surface area contributed by atoms with Gasteiger partial charge in [-0.05, 0) is 77.9 Å². The van der Waals surface area contributed by atoms with Crippen molar-refractivity contribution in [2.75, 3.05) is 20.2 Å². The molecule has 13 nitrogen and oxygen atoms in total. The fourth-order valence-corrected chi connectivity index (χ4v) is 7.76. The lowest BCUT2D eigenvalue weighted by Gasteiger charge is -2.30. The van der Waals surface area contributed by atoms with Crippen LogP contribution in [0.25, 0.3) is 44.2 Å². The molecule has 0 radical (unpaired) electrons. The van der Waals surface area contributed by atoms with Crippen LogP contribution in [0.1, 0.15) is 68.8 Å². The van der Waals surface area contributed by atoms with Crippen molar-refractivity contribution in [2.24, 2.45) is 5.92 Å². The molecule has 3 aliphatic rings. The molecular weight excluding hydrogens is 638 g/mol. The number of hydrogen-bond donors (Lipinski definition) is 4. The number of carbonyl (C=O) groups is 3. The van der Waals surface area contributed by atoms with Crippen molar-refractivity contribution in [1.82, 2.24) is 35.1 Å². The van der Waals surface area contributed by atoms with Crippen LogP contribution in [0, 0.1) is 5.92 Å². The first kappa shape index (κ1) is 31.7. The maximum Gasteiger partial charge on any atom is 0.407 e. The van der Waals surface area contributed by atoms with Gasteiger partial charge in [0.15, 0.2) is 0 Å². The maximum atomic E-state index is 13.6. The fourth-order valence-electron chi connectivity index (χ4n) is 7.76. The second-order valence-corrected chi connectivity index (χ2v) is 13.7. The lowest BCUT2D eigenvalue weighted by molar-refractivity contribution is -0.135. The number of fused-ring (bicyclic) bond motifs is 6. The van der Waals surface area contributed by atoms with Gasteiger partial charge in [0.1, 0.15) is 30.0 Å². The van der Waals surface area contributed by atoms with Crippen LogP contribution in [0.3, 0.4) is 0 Å². The number of imidazole rings is 2. The number of rotatable bonds is 6. The second-order valence-electron chi connectivity index (χ2n) is 13.7. The molecule has 2 fully saturated rings. The van der Waals surface area contributed by atoms with Gasteiger partial charge in [-0.25, -0.2) is 19.6 Å². The molecule has 0 spiro atoms. The predicted molar refractivity (Wildman–Crippen MR) is 186 cm³/mol. The minimum absolute atomic E-state index is 0.108. The van der Waals surface area contributed by atoms with Gasteiger partial charge in [0.2, 0.25) is 5.91 Å². The number of methoxy groups -OCH3 is 1. The van der Waals surface area contributed by atoms with Crippen LogP contribution in [0.15, 0.2) is 48.7 Å². The number of aromatic nitrogens is 4. The number of ether oxygens (including phenoxy) is 2. The average Bonchev–Trinajstić information content (AvgIpc) is 3.94. The Hall–Kier alpha value is -5.59. The van der Waals surface area contributed by atoms with Gasteiger partial charge in [-0.15, -0.1) is 0 Å². The highest BCUT2D eigenvalue weighted by Gasteiger charge is 2.38. The molecule has 3 unspecified atom stereocenters. The topological polar surface area (TPSA) is 166 Å². The van der Waals surface area contributed by atoms with E-state index < -0.39 is 18.2 Å². The average molecular weight is 678 g/mol. The Bertz CT molecular complexity index is 2150. The van der Waals surface area contributed by atoms with E-state index in [4.69, 9.17) is 19.4 Å². The normalized spacial score (nSPS) is 19.0. The number of alkyl carbamates (subject to hydrolysis) is 1. The first-order valence-electron chi connectivity index (χ1n) is 17.1. The smallest absolute Gasteiger partial charge is 0.407 e. The van der Waals surface area contributed by atoms with E-state index in [9.17, 15) is 19.5 Å². The summed E-state index contributed by atoms with van der Waals surface area (Å²) in [6.45, 7) is 5.30. The zero-order valence-electron chi connectivity index (χ0n) is 28.2. The fraction of sp³-hybridized carbons (Fsp3) is 0.378. The van der Waals surface area contributed by atoms with Gasteiger partial charge < -0.3 is 34.8 Å². The third-order valence-corrected chi connectivity index (χ3v) is 10.3. The molecule has 2 saturated heterocycles. The Morgan fingerprint density at radius 1 is 0.980 bits per heavy atom. The number of benzene rings is 3. The van der Waals surface area contributed by atoms with Crippen molar-refractivity contribution in [1.29, 1.82) is 0 Å². The molecule has 0 aliphatic carbocycles. The number of carbonyl (C=O) groups excluding carboxylic acids is 2. The summed E-state index contributed by atoms with van der Waals surface area (Å²) < 4.78 is 11.1. The Morgan fingerprint density at radius 3 is 2.52 bits per heavy atom. The Balaban J connectivity index is 1.05. The van der Waals surface area contributed by atoms with Gasteiger partial charge in [0.25, 0.3) is 0 Å². The van der Waals surface area contributed by atoms with E-state index in [0.29, 0.717) is 31.3 Å². The summed E-state index contributed by atoms with van der Waals surface area (Å²) in [7, 11) is 1.29. The first-order valence-corrected chi connectivity index (χ1v) is 17.1. The number of H-pyrrole nitrogens is 2. The van der Waals surface area contributed by atoms with Gasteiger partial charge in [0.05, 0.1) is 42.1 Å². The molecule has 50 heavy (non-hydrogen) atoms. The number of amides is 3. The summed E-state index contributed by atoms with van der Waals surface area (Å²) in [6, 6.07) is 13.3. The number of aromatic amines is 2. The monoisotopic (exact) mass is 677 g/mol. The summed E-state index contributed by atoms with van der Waals surface area (Å²) in [5, 5.41) is 14.4. The highest BCUT2D eigenvalue weighted by molar-refractivity contribution is 6.07. The highest BCUT2D eigenvalue weighted by atomic mass is 16.5. The molecule has 0 saturated carbocycles. The molecule has 8 rings (SSSR count). The SMILES string of the molecule is COC(=O)NC(C(=O)N1CCCC1c1ncc(-c2ccc3c(c2)COc2cc4c(ccc5nc(C6CCCN6C(=O)O)[nH]c54)cc2-3)[nH]1)C(C)C. The zero-order chi connectivity index (χ0) is 34.7. The summed E-state index contributed by atoms with van der Waals surface area (Å²) in [4.78, 5) is 57.0.